The number of hydrogen-bond donors (Lipinski definition) is 2. The molecule has 31 heavy (non-hydrogen) atoms. The Labute approximate surface area is 182 Å². The number of nitrogens with zero attached hydrogens (tertiary/aromatic N) is 4. The van der Waals surface area contributed by atoms with Crippen molar-refractivity contribution in [3.63, 3.8) is 0 Å². The molecule has 164 valence electrons. The highest BCUT2D eigenvalue weighted by molar-refractivity contribution is 5.79. The quantitative estimate of drug-likeness (QED) is 0.641. The first-order valence-electron chi connectivity index (χ1n) is 11.9. The summed E-state index contributed by atoms with van der Waals surface area (Å²) in [5.74, 6) is 0.974. The number of aromatic nitrogens is 5. The third kappa shape index (κ3) is 4.42. The molecule has 2 aliphatic carbocycles. The van der Waals surface area contributed by atoms with Crippen molar-refractivity contribution in [3.05, 3.63) is 51.6 Å². The summed E-state index contributed by atoms with van der Waals surface area (Å²) in [6, 6.07) is 9.25. The number of tetrazole rings is 1. The summed E-state index contributed by atoms with van der Waals surface area (Å²) in [5.41, 5.74) is 3.00. The maximum absolute atomic E-state index is 12.9. The van der Waals surface area contributed by atoms with Crippen molar-refractivity contribution in [1.29, 1.82) is 0 Å². The average molecular weight is 422 g/mol. The topological polar surface area (TPSA) is 80.9 Å². The molecule has 1 atom stereocenters. The van der Waals surface area contributed by atoms with Gasteiger partial charge in [-0.05, 0) is 79.5 Å². The molecule has 7 heteroatoms. The van der Waals surface area contributed by atoms with Crippen LogP contribution in [0.4, 0.5) is 0 Å². The Hall–Kier alpha value is -2.54. The molecule has 1 aromatic carbocycles. The van der Waals surface area contributed by atoms with Gasteiger partial charge in [0.25, 0.3) is 5.56 Å². The maximum Gasteiger partial charge on any atom is 0.257 e. The van der Waals surface area contributed by atoms with Crippen molar-refractivity contribution in [2.24, 2.45) is 0 Å². The van der Waals surface area contributed by atoms with Gasteiger partial charge in [0, 0.05) is 5.52 Å². The molecule has 2 aliphatic rings. The molecular formula is C24H33N6O+. The molecule has 3 aromatic rings. The van der Waals surface area contributed by atoms with E-state index >= 15 is 0 Å². The molecule has 2 aromatic heterocycles. The van der Waals surface area contributed by atoms with Gasteiger partial charge >= 0.3 is 0 Å². The van der Waals surface area contributed by atoms with Crippen LogP contribution in [0, 0.1) is 6.92 Å². The first kappa shape index (κ1) is 20.4. The third-order valence-corrected chi connectivity index (χ3v) is 7.29. The van der Waals surface area contributed by atoms with Crippen molar-refractivity contribution in [2.45, 2.75) is 89.9 Å². The summed E-state index contributed by atoms with van der Waals surface area (Å²) < 4.78 is 2.09. The van der Waals surface area contributed by atoms with Crippen molar-refractivity contribution < 1.29 is 4.90 Å². The van der Waals surface area contributed by atoms with E-state index in [2.05, 4.69) is 44.2 Å². The number of H-pyrrole nitrogens is 1. The minimum Gasteiger partial charge on any atom is -0.322 e. The number of hydrogen-bond acceptors (Lipinski definition) is 4. The fourth-order valence-electron chi connectivity index (χ4n) is 5.57. The standard InChI is InChI=1S/C24H32N6O/c1-17-11-12-22-18(13-17)14-19(24(31)25-22)15-29(20-7-5-6-8-20)16-23-26-27-28-30(23)21-9-3-2-4-10-21/h11-14,20-21H,2-10,15-16H2,1H3,(H,25,31)/p+1. The summed E-state index contributed by atoms with van der Waals surface area (Å²) >= 11 is 0. The van der Waals surface area contributed by atoms with Crippen LogP contribution in [0.2, 0.25) is 0 Å². The second-order valence-corrected chi connectivity index (χ2v) is 9.54. The van der Waals surface area contributed by atoms with Crippen molar-refractivity contribution in [1.82, 2.24) is 25.2 Å². The Bertz CT molecular complexity index is 1090. The lowest BCUT2D eigenvalue weighted by atomic mass is 9.95. The molecule has 0 spiro atoms. The minimum atomic E-state index is 0.0266. The molecule has 2 heterocycles. The number of nitrogens with one attached hydrogen (secondary N) is 2. The van der Waals surface area contributed by atoms with Crippen LogP contribution >= 0.6 is 0 Å². The van der Waals surface area contributed by atoms with Gasteiger partial charge in [-0.3, -0.25) is 4.79 Å². The molecule has 7 nitrogen and oxygen atoms in total. The van der Waals surface area contributed by atoms with E-state index in [1.165, 1.54) is 68.3 Å². The summed E-state index contributed by atoms with van der Waals surface area (Å²) in [7, 11) is 0. The van der Waals surface area contributed by atoms with Gasteiger partial charge in [-0.1, -0.05) is 30.9 Å². The van der Waals surface area contributed by atoms with Gasteiger partial charge in [0.2, 0.25) is 5.82 Å². The van der Waals surface area contributed by atoms with Crippen LogP contribution in [-0.4, -0.2) is 31.2 Å². The average Bonchev–Trinajstić information content (AvgIpc) is 3.47. The Balaban J connectivity index is 1.43. The number of aryl methyl sites for hydroxylation is 1. The molecular weight excluding hydrogens is 388 g/mol. The Morgan fingerprint density at radius 1 is 1.03 bits per heavy atom. The lowest BCUT2D eigenvalue weighted by Crippen LogP contribution is -3.13. The fraction of sp³-hybridized carbons (Fsp3) is 0.583. The molecule has 0 saturated heterocycles. The summed E-state index contributed by atoms with van der Waals surface area (Å²) in [4.78, 5) is 17.4. The smallest absolute Gasteiger partial charge is 0.257 e. The lowest BCUT2D eigenvalue weighted by molar-refractivity contribution is -0.952. The second-order valence-electron chi connectivity index (χ2n) is 9.54. The van der Waals surface area contributed by atoms with Crippen LogP contribution < -0.4 is 10.5 Å². The van der Waals surface area contributed by atoms with Gasteiger partial charge in [-0.25, -0.2) is 4.68 Å². The zero-order valence-corrected chi connectivity index (χ0v) is 18.4. The van der Waals surface area contributed by atoms with Crippen LogP contribution in [0.15, 0.2) is 29.1 Å². The van der Waals surface area contributed by atoms with E-state index < -0.39 is 0 Å². The Kier molecular flexibility index (Phi) is 5.85. The van der Waals surface area contributed by atoms with Crippen LogP contribution in [-0.2, 0) is 13.1 Å². The molecule has 1 unspecified atom stereocenters. The molecule has 0 bridgehead atoms. The Morgan fingerprint density at radius 2 is 1.81 bits per heavy atom. The van der Waals surface area contributed by atoms with E-state index in [9.17, 15) is 4.79 Å². The molecule has 0 amide bonds. The SMILES string of the molecule is Cc1ccc2[nH]c(=O)c(C[NH+](Cc3nnnn3C3CCCCC3)C3CCCC3)cc2c1. The number of benzene rings is 1. The molecule has 2 saturated carbocycles. The van der Waals surface area contributed by atoms with Crippen molar-refractivity contribution in [3.8, 4) is 0 Å². The Morgan fingerprint density at radius 3 is 2.61 bits per heavy atom. The molecule has 2 N–H and O–H groups in total. The first-order valence-corrected chi connectivity index (χ1v) is 11.9. The number of fused-ring (bicyclic) bond motifs is 1. The van der Waals surface area contributed by atoms with Crippen LogP contribution in [0.1, 0.15) is 80.8 Å². The molecule has 0 aliphatic heterocycles. The third-order valence-electron chi connectivity index (χ3n) is 7.29. The van der Waals surface area contributed by atoms with E-state index in [0.717, 1.165) is 28.8 Å². The van der Waals surface area contributed by atoms with Crippen LogP contribution in [0.5, 0.6) is 0 Å². The van der Waals surface area contributed by atoms with E-state index in [1.807, 2.05) is 12.1 Å². The van der Waals surface area contributed by atoms with Crippen molar-refractivity contribution >= 4 is 10.9 Å². The molecule has 2 fully saturated rings. The highest BCUT2D eigenvalue weighted by Gasteiger charge is 2.30. The number of pyridine rings is 1. The number of rotatable bonds is 6. The number of quaternary nitrogens is 1. The van der Waals surface area contributed by atoms with Gasteiger partial charge in [0.1, 0.15) is 13.1 Å². The predicted molar refractivity (Wildman–Crippen MR) is 120 cm³/mol. The fourth-order valence-corrected chi connectivity index (χ4v) is 5.57. The first-order chi connectivity index (χ1) is 15.2. The van der Waals surface area contributed by atoms with Gasteiger partial charge in [0.05, 0.1) is 17.6 Å². The van der Waals surface area contributed by atoms with Crippen LogP contribution in [0.3, 0.4) is 0 Å². The molecule has 5 rings (SSSR count). The second kappa shape index (κ2) is 8.91. The zero-order chi connectivity index (χ0) is 21.2. The lowest BCUT2D eigenvalue weighted by Gasteiger charge is -2.27. The zero-order valence-electron chi connectivity index (χ0n) is 18.4. The normalized spacial score (nSPS) is 19.3. The van der Waals surface area contributed by atoms with E-state index in [1.54, 1.807) is 0 Å². The maximum atomic E-state index is 12.9. The molecule has 0 radical (unpaired) electrons. The predicted octanol–water partition coefficient (Wildman–Crippen LogP) is 2.86. The van der Waals surface area contributed by atoms with Crippen LogP contribution in [0.25, 0.3) is 10.9 Å². The van der Waals surface area contributed by atoms with E-state index in [4.69, 9.17) is 0 Å². The number of aromatic amines is 1. The highest BCUT2D eigenvalue weighted by atomic mass is 16.1. The van der Waals surface area contributed by atoms with Crippen molar-refractivity contribution in [2.75, 3.05) is 0 Å². The summed E-state index contributed by atoms with van der Waals surface area (Å²) in [6.45, 7) is 3.58. The van der Waals surface area contributed by atoms with E-state index in [0.29, 0.717) is 18.6 Å². The largest absolute Gasteiger partial charge is 0.322 e. The minimum absolute atomic E-state index is 0.0266. The summed E-state index contributed by atoms with van der Waals surface area (Å²) in [6.07, 6.45) is 11.1. The van der Waals surface area contributed by atoms with Gasteiger partial charge in [0.15, 0.2) is 0 Å². The highest BCUT2D eigenvalue weighted by Crippen LogP contribution is 2.27. The van der Waals surface area contributed by atoms with Gasteiger partial charge in [-0.15, -0.1) is 5.10 Å². The van der Waals surface area contributed by atoms with E-state index in [-0.39, 0.29) is 5.56 Å². The van der Waals surface area contributed by atoms with Gasteiger partial charge < -0.3 is 9.88 Å². The summed E-state index contributed by atoms with van der Waals surface area (Å²) in [5, 5.41) is 13.9. The van der Waals surface area contributed by atoms with Gasteiger partial charge in [-0.2, -0.15) is 0 Å². The monoisotopic (exact) mass is 421 g/mol.